The highest BCUT2D eigenvalue weighted by Crippen LogP contribution is 2.21. The van der Waals surface area contributed by atoms with Gasteiger partial charge in [-0.25, -0.2) is 4.98 Å². The molecule has 0 aromatic carbocycles. The number of nitrogens with zero attached hydrogens (tertiary/aromatic N) is 2. The van der Waals surface area contributed by atoms with E-state index in [1.807, 2.05) is 0 Å². The molecule has 2 heterocycles. The molecule has 0 saturated carbocycles. The third kappa shape index (κ3) is 2.97. The van der Waals surface area contributed by atoms with Crippen molar-refractivity contribution >= 4 is 5.82 Å². The van der Waals surface area contributed by atoms with Gasteiger partial charge in [-0.15, -0.1) is 0 Å². The second kappa shape index (κ2) is 5.50. The average Bonchev–Trinajstić information content (AvgIpc) is 2.39. The van der Waals surface area contributed by atoms with Crippen molar-refractivity contribution in [2.24, 2.45) is 0 Å². The molecule has 1 aliphatic rings. The summed E-state index contributed by atoms with van der Waals surface area (Å²) in [6.07, 6.45) is 2.20. The predicted octanol–water partition coefficient (Wildman–Crippen LogP) is 2.82. The fourth-order valence-corrected chi connectivity index (χ4v) is 2.22. The zero-order valence-corrected chi connectivity index (χ0v) is 11.0. The lowest BCUT2D eigenvalue weighted by Crippen LogP contribution is -2.37. The number of pyridine rings is 1. The summed E-state index contributed by atoms with van der Waals surface area (Å²) >= 11 is 0. The van der Waals surface area contributed by atoms with E-state index < -0.39 is 0 Å². The summed E-state index contributed by atoms with van der Waals surface area (Å²) in [6.45, 7) is 6.11. The van der Waals surface area contributed by atoms with E-state index in [4.69, 9.17) is 9.72 Å². The van der Waals surface area contributed by atoms with Crippen molar-refractivity contribution in [2.45, 2.75) is 38.6 Å². The highest BCUT2D eigenvalue weighted by molar-refractivity contribution is 5.40. The molecule has 1 fully saturated rings. The van der Waals surface area contributed by atoms with Gasteiger partial charge in [0.05, 0.1) is 0 Å². The second-order valence-electron chi connectivity index (χ2n) is 5.03. The molecule has 0 unspecified atom stereocenters. The van der Waals surface area contributed by atoms with Gasteiger partial charge >= 0.3 is 0 Å². The summed E-state index contributed by atoms with van der Waals surface area (Å²) < 4.78 is 5.40. The van der Waals surface area contributed by atoms with Crippen LogP contribution in [-0.4, -0.2) is 31.3 Å². The van der Waals surface area contributed by atoms with Crippen LogP contribution in [0.3, 0.4) is 0 Å². The highest BCUT2D eigenvalue weighted by atomic mass is 16.5. The molecule has 0 N–H and O–H groups in total. The molecule has 3 heteroatoms. The van der Waals surface area contributed by atoms with Gasteiger partial charge in [-0.3, -0.25) is 0 Å². The van der Waals surface area contributed by atoms with Crippen molar-refractivity contribution in [1.82, 2.24) is 4.98 Å². The Labute approximate surface area is 104 Å². The summed E-state index contributed by atoms with van der Waals surface area (Å²) in [4.78, 5) is 7.03. The van der Waals surface area contributed by atoms with Crippen LogP contribution in [0.25, 0.3) is 0 Å². The lowest BCUT2D eigenvalue weighted by Gasteiger charge is -2.32. The molecule has 0 aliphatic carbocycles. The minimum atomic E-state index is 0.484. The van der Waals surface area contributed by atoms with Gasteiger partial charge in [-0.1, -0.05) is 19.9 Å². The number of rotatable bonds is 3. The maximum absolute atomic E-state index is 5.40. The Hall–Kier alpha value is -1.09. The molecule has 0 amide bonds. The van der Waals surface area contributed by atoms with Crippen LogP contribution >= 0.6 is 0 Å². The van der Waals surface area contributed by atoms with Gasteiger partial charge in [0, 0.05) is 32.0 Å². The summed E-state index contributed by atoms with van der Waals surface area (Å²) in [5.74, 6) is 1.57. The molecule has 17 heavy (non-hydrogen) atoms. The molecule has 0 radical (unpaired) electrons. The number of aromatic nitrogens is 1. The highest BCUT2D eigenvalue weighted by Gasteiger charge is 2.19. The van der Waals surface area contributed by atoms with E-state index in [1.165, 1.54) is 5.69 Å². The zero-order valence-electron chi connectivity index (χ0n) is 11.0. The molecule has 0 spiro atoms. The summed E-state index contributed by atoms with van der Waals surface area (Å²) in [7, 11) is 2.14. The molecule has 1 aromatic rings. The van der Waals surface area contributed by atoms with Crippen LogP contribution in [0.5, 0.6) is 0 Å². The Kier molecular flexibility index (Phi) is 4.00. The quantitative estimate of drug-likeness (QED) is 0.804. The van der Waals surface area contributed by atoms with Gasteiger partial charge in [-0.2, -0.15) is 0 Å². The van der Waals surface area contributed by atoms with E-state index in [0.29, 0.717) is 12.0 Å². The molecule has 0 bridgehead atoms. The van der Waals surface area contributed by atoms with Gasteiger partial charge in [0.15, 0.2) is 0 Å². The smallest absolute Gasteiger partial charge is 0.128 e. The number of ether oxygens (including phenoxy) is 1. The van der Waals surface area contributed by atoms with Crippen LogP contribution in [0.4, 0.5) is 5.82 Å². The molecule has 3 nitrogen and oxygen atoms in total. The summed E-state index contributed by atoms with van der Waals surface area (Å²) in [5.41, 5.74) is 1.17. The van der Waals surface area contributed by atoms with Crippen LogP contribution in [-0.2, 0) is 4.74 Å². The Bertz CT molecular complexity index is 359. The SMILES string of the molecule is CC(C)c1cccc(N(C)C2CCOCC2)n1. The van der Waals surface area contributed by atoms with Crippen LogP contribution in [0, 0.1) is 0 Å². The lowest BCUT2D eigenvalue weighted by molar-refractivity contribution is 0.0853. The van der Waals surface area contributed by atoms with Gasteiger partial charge in [0.1, 0.15) is 5.82 Å². The van der Waals surface area contributed by atoms with Crippen molar-refractivity contribution in [3.05, 3.63) is 23.9 Å². The molecular weight excluding hydrogens is 212 g/mol. The van der Waals surface area contributed by atoms with Crippen LogP contribution in [0.15, 0.2) is 18.2 Å². The van der Waals surface area contributed by atoms with E-state index >= 15 is 0 Å². The van der Waals surface area contributed by atoms with Crippen molar-refractivity contribution in [3.8, 4) is 0 Å². The first-order valence-electron chi connectivity index (χ1n) is 6.46. The molecule has 2 rings (SSSR count). The fraction of sp³-hybridized carbons (Fsp3) is 0.643. The number of hydrogen-bond donors (Lipinski definition) is 0. The first-order valence-corrected chi connectivity index (χ1v) is 6.46. The first kappa shape index (κ1) is 12.4. The first-order chi connectivity index (χ1) is 8.18. The van der Waals surface area contributed by atoms with E-state index in [2.05, 4.69) is 44.0 Å². The van der Waals surface area contributed by atoms with Crippen LogP contribution in [0.2, 0.25) is 0 Å². The molecule has 94 valence electrons. The Morgan fingerprint density at radius 2 is 2.00 bits per heavy atom. The maximum atomic E-state index is 5.40. The molecule has 1 aromatic heterocycles. The van der Waals surface area contributed by atoms with Crippen molar-refractivity contribution in [2.75, 3.05) is 25.2 Å². The molecule has 1 aliphatic heterocycles. The predicted molar refractivity (Wildman–Crippen MR) is 70.6 cm³/mol. The van der Waals surface area contributed by atoms with Gasteiger partial charge in [0.2, 0.25) is 0 Å². The minimum absolute atomic E-state index is 0.484. The maximum Gasteiger partial charge on any atom is 0.128 e. The summed E-state index contributed by atoms with van der Waals surface area (Å²) in [5, 5.41) is 0. The van der Waals surface area contributed by atoms with E-state index in [9.17, 15) is 0 Å². The summed E-state index contributed by atoms with van der Waals surface area (Å²) in [6, 6.07) is 6.87. The Morgan fingerprint density at radius 3 is 2.65 bits per heavy atom. The zero-order chi connectivity index (χ0) is 12.3. The number of hydrogen-bond acceptors (Lipinski definition) is 3. The van der Waals surface area contributed by atoms with Crippen LogP contribution in [0.1, 0.15) is 38.3 Å². The lowest BCUT2D eigenvalue weighted by atomic mass is 10.1. The normalized spacial score (nSPS) is 17.4. The van der Waals surface area contributed by atoms with Gasteiger partial charge < -0.3 is 9.64 Å². The topological polar surface area (TPSA) is 25.4 Å². The largest absolute Gasteiger partial charge is 0.381 e. The van der Waals surface area contributed by atoms with Gasteiger partial charge in [-0.05, 0) is 30.9 Å². The van der Waals surface area contributed by atoms with Crippen molar-refractivity contribution < 1.29 is 4.74 Å². The van der Waals surface area contributed by atoms with Crippen molar-refractivity contribution in [1.29, 1.82) is 0 Å². The van der Waals surface area contributed by atoms with Crippen molar-refractivity contribution in [3.63, 3.8) is 0 Å². The van der Waals surface area contributed by atoms with E-state index in [-0.39, 0.29) is 0 Å². The molecular formula is C14H22N2O. The standard InChI is InChI=1S/C14H22N2O/c1-11(2)13-5-4-6-14(15-13)16(3)12-7-9-17-10-8-12/h4-6,11-12H,7-10H2,1-3H3. The third-order valence-corrected chi connectivity index (χ3v) is 3.45. The number of anilines is 1. The minimum Gasteiger partial charge on any atom is -0.381 e. The monoisotopic (exact) mass is 234 g/mol. The van der Waals surface area contributed by atoms with Crippen LogP contribution < -0.4 is 4.90 Å². The molecule has 1 saturated heterocycles. The molecule has 0 atom stereocenters. The van der Waals surface area contributed by atoms with Gasteiger partial charge in [0.25, 0.3) is 0 Å². The second-order valence-corrected chi connectivity index (χ2v) is 5.03. The van der Waals surface area contributed by atoms with E-state index in [1.54, 1.807) is 0 Å². The average molecular weight is 234 g/mol. The van der Waals surface area contributed by atoms with E-state index in [0.717, 1.165) is 31.9 Å². The Balaban J connectivity index is 2.12. The third-order valence-electron chi connectivity index (χ3n) is 3.45. The fourth-order valence-electron chi connectivity index (χ4n) is 2.22. The Morgan fingerprint density at radius 1 is 1.29 bits per heavy atom.